The molecule has 3 rings (SSSR count). The van der Waals surface area contributed by atoms with Crippen LogP contribution in [0.15, 0.2) is 35.4 Å². The Labute approximate surface area is 128 Å². The Morgan fingerprint density at radius 2 is 2.13 bits per heavy atom. The summed E-state index contributed by atoms with van der Waals surface area (Å²) >= 11 is 0. The first-order valence-electron chi connectivity index (χ1n) is 6.58. The maximum atomic E-state index is 12.2. The van der Waals surface area contributed by atoms with Crippen molar-refractivity contribution in [1.29, 1.82) is 0 Å². The molecule has 3 N–H and O–H groups in total. The third-order valence-electron chi connectivity index (χ3n) is 3.37. The number of benzene rings is 1. The smallest absolute Gasteiger partial charge is 0.322 e. The highest BCUT2D eigenvalue weighted by Crippen LogP contribution is 2.22. The number of nitrogens with zero attached hydrogens (tertiary/aromatic N) is 2. The Balaban J connectivity index is 1.93. The molecule has 0 unspecified atom stereocenters. The number of amides is 1. The van der Waals surface area contributed by atoms with Crippen LogP contribution in [0.3, 0.4) is 0 Å². The number of nitrogens with one attached hydrogen (secondary N) is 3. The minimum absolute atomic E-state index is 0.0151. The lowest BCUT2D eigenvalue weighted by Gasteiger charge is -2.07. The summed E-state index contributed by atoms with van der Waals surface area (Å²) in [6, 6.07) is 4.40. The number of carbonyl (C=O) groups is 1. The van der Waals surface area contributed by atoms with Gasteiger partial charge in [-0.3, -0.25) is 24.8 Å². The van der Waals surface area contributed by atoms with E-state index in [2.05, 4.69) is 20.5 Å². The van der Waals surface area contributed by atoms with Gasteiger partial charge in [-0.25, -0.2) is 0 Å². The first kappa shape index (κ1) is 14.4. The number of aromatic amines is 2. The Morgan fingerprint density at radius 3 is 2.87 bits per heavy atom. The van der Waals surface area contributed by atoms with Crippen LogP contribution in [0, 0.1) is 17.0 Å². The molecule has 0 bridgehead atoms. The predicted molar refractivity (Wildman–Crippen MR) is 82.5 cm³/mol. The van der Waals surface area contributed by atoms with E-state index in [-0.39, 0.29) is 5.56 Å². The number of fused-ring (bicyclic) bond motifs is 1. The van der Waals surface area contributed by atoms with Crippen molar-refractivity contribution in [3.63, 3.8) is 0 Å². The van der Waals surface area contributed by atoms with E-state index in [9.17, 15) is 19.7 Å². The van der Waals surface area contributed by atoms with Crippen molar-refractivity contribution >= 4 is 28.2 Å². The van der Waals surface area contributed by atoms with Gasteiger partial charge in [-0.2, -0.15) is 5.10 Å². The quantitative estimate of drug-likeness (QED) is 0.500. The van der Waals surface area contributed by atoms with Gasteiger partial charge in [0.1, 0.15) is 0 Å². The van der Waals surface area contributed by atoms with Gasteiger partial charge in [0.25, 0.3) is 5.91 Å². The fourth-order valence-corrected chi connectivity index (χ4v) is 2.24. The number of anilines is 1. The van der Waals surface area contributed by atoms with E-state index in [0.29, 0.717) is 5.69 Å². The monoisotopic (exact) mass is 313 g/mol. The van der Waals surface area contributed by atoms with Crippen LogP contribution in [0.2, 0.25) is 0 Å². The minimum Gasteiger partial charge on any atom is -0.322 e. The number of pyridine rings is 1. The highest BCUT2D eigenvalue weighted by Gasteiger charge is 2.17. The fraction of sp³-hybridized carbons (Fsp3) is 0.0714. The summed E-state index contributed by atoms with van der Waals surface area (Å²) in [5, 5.41) is 21.1. The molecule has 9 nitrogen and oxygen atoms in total. The molecule has 1 aromatic carbocycles. The fourth-order valence-electron chi connectivity index (χ4n) is 2.24. The Morgan fingerprint density at radius 1 is 1.35 bits per heavy atom. The largest absolute Gasteiger partial charge is 0.334 e. The molecule has 1 amide bonds. The van der Waals surface area contributed by atoms with Crippen molar-refractivity contribution in [2.24, 2.45) is 0 Å². The van der Waals surface area contributed by atoms with Gasteiger partial charge < -0.3 is 10.3 Å². The van der Waals surface area contributed by atoms with Crippen molar-refractivity contribution in [2.75, 3.05) is 5.32 Å². The van der Waals surface area contributed by atoms with Crippen LogP contribution in [-0.2, 0) is 0 Å². The maximum Gasteiger partial charge on any atom is 0.334 e. The molecule has 0 radical (unpaired) electrons. The predicted octanol–water partition coefficient (Wildman–Crippen LogP) is 1.72. The SMILES string of the molecule is Cc1cc(NC(=O)c2c[nH]c(=O)c([N+](=O)[O-])c2)cc2[nH]ncc12. The molecular formula is C14H11N5O4. The molecule has 0 aliphatic carbocycles. The first-order chi connectivity index (χ1) is 11.0. The third-order valence-corrected chi connectivity index (χ3v) is 3.37. The maximum absolute atomic E-state index is 12.2. The number of H-pyrrole nitrogens is 2. The second kappa shape index (κ2) is 5.37. The first-order valence-corrected chi connectivity index (χ1v) is 6.58. The zero-order valence-corrected chi connectivity index (χ0v) is 11.9. The van der Waals surface area contributed by atoms with Crippen molar-refractivity contribution in [3.8, 4) is 0 Å². The van der Waals surface area contributed by atoms with Crippen molar-refractivity contribution in [2.45, 2.75) is 6.92 Å². The summed E-state index contributed by atoms with van der Waals surface area (Å²) < 4.78 is 0. The van der Waals surface area contributed by atoms with Gasteiger partial charge in [0, 0.05) is 23.3 Å². The second-order valence-electron chi connectivity index (χ2n) is 4.94. The average molecular weight is 313 g/mol. The number of aryl methyl sites for hydroxylation is 1. The van der Waals surface area contributed by atoms with Crippen LogP contribution >= 0.6 is 0 Å². The molecule has 9 heteroatoms. The summed E-state index contributed by atoms with van der Waals surface area (Å²) in [6.45, 7) is 1.87. The summed E-state index contributed by atoms with van der Waals surface area (Å²) in [4.78, 5) is 35.6. The average Bonchev–Trinajstić information content (AvgIpc) is 2.96. The van der Waals surface area contributed by atoms with E-state index in [0.717, 1.165) is 28.7 Å². The zero-order chi connectivity index (χ0) is 16.6. The third kappa shape index (κ3) is 2.67. The van der Waals surface area contributed by atoms with E-state index in [1.165, 1.54) is 0 Å². The number of hydrogen-bond acceptors (Lipinski definition) is 5. The summed E-state index contributed by atoms with van der Waals surface area (Å²) in [5.41, 5.74) is 0.627. The van der Waals surface area contributed by atoms with Gasteiger partial charge in [0.2, 0.25) is 0 Å². The normalized spacial score (nSPS) is 10.7. The summed E-state index contributed by atoms with van der Waals surface area (Å²) in [5.74, 6) is -0.567. The van der Waals surface area contributed by atoms with E-state index in [4.69, 9.17) is 0 Å². The molecule has 0 spiro atoms. The summed E-state index contributed by atoms with van der Waals surface area (Å²) in [7, 11) is 0. The molecule has 116 valence electrons. The van der Waals surface area contributed by atoms with Gasteiger partial charge in [-0.05, 0) is 24.6 Å². The standard InChI is InChI=1S/C14H11N5O4/c1-7-2-9(4-11-10(7)6-16-18-11)17-13(20)8-3-12(19(22)23)14(21)15-5-8/h2-6H,1H3,(H,15,21)(H,16,18)(H,17,20). The Hall–Kier alpha value is -3.49. The lowest BCUT2D eigenvalue weighted by molar-refractivity contribution is -0.386. The van der Waals surface area contributed by atoms with Gasteiger partial charge in [-0.15, -0.1) is 0 Å². The van der Waals surface area contributed by atoms with Crippen LogP contribution < -0.4 is 10.9 Å². The number of hydrogen-bond donors (Lipinski definition) is 3. The number of nitro groups is 1. The highest BCUT2D eigenvalue weighted by molar-refractivity contribution is 6.05. The Kier molecular flexibility index (Phi) is 3.37. The van der Waals surface area contributed by atoms with Crippen molar-refractivity contribution < 1.29 is 9.72 Å². The lowest BCUT2D eigenvalue weighted by Crippen LogP contribution is -2.17. The molecule has 3 aromatic rings. The van der Waals surface area contributed by atoms with Gasteiger partial charge in [-0.1, -0.05) is 0 Å². The van der Waals surface area contributed by atoms with Crippen LogP contribution in [0.5, 0.6) is 0 Å². The van der Waals surface area contributed by atoms with Gasteiger partial charge >= 0.3 is 11.2 Å². The second-order valence-corrected chi connectivity index (χ2v) is 4.94. The van der Waals surface area contributed by atoms with Crippen molar-refractivity contribution in [1.82, 2.24) is 15.2 Å². The van der Waals surface area contributed by atoms with Gasteiger partial charge in [0.15, 0.2) is 0 Å². The number of rotatable bonds is 3. The molecule has 0 aliphatic rings. The molecule has 0 atom stereocenters. The molecule has 0 saturated carbocycles. The molecular weight excluding hydrogens is 302 g/mol. The highest BCUT2D eigenvalue weighted by atomic mass is 16.6. The van der Waals surface area contributed by atoms with E-state index in [1.807, 2.05) is 6.92 Å². The van der Waals surface area contributed by atoms with E-state index < -0.39 is 22.1 Å². The Bertz CT molecular complexity index is 988. The molecule has 0 saturated heterocycles. The molecule has 2 aromatic heterocycles. The van der Waals surface area contributed by atoms with Crippen LogP contribution in [0.1, 0.15) is 15.9 Å². The number of aromatic nitrogens is 3. The van der Waals surface area contributed by atoms with Crippen molar-refractivity contribution in [3.05, 3.63) is 62.2 Å². The zero-order valence-electron chi connectivity index (χ0n) is 11.9. The summed E-state index contributed by atoms with van der Waals surface area (Å²) in [6.07, 6.45) is 2.81. The molecule has 2 heterocycles. The minimum atomic E-state index is -0.860. The van der Waals surface area contributed by atoms with Crippen LogP contribution in [-0.4, -0.2) is 26.0 Å². The van der Waals surface area contributed by atoms with Crippen LogP contribution in [0.4, 0.5) is 11.4 Å². The molecule has 0 fully saturated rings. The topological polar surface area (TPSA) is 134 Å². The van der Waals surface area contributed by atoms with E-state index in [1.54, 1.807) is 18.3 Å². The molecule has 23 heavy (non-hydrogen) atoms. The number of carbonyl (C=O) groups excluding carboxylic acids is 1. The molecule has 0 aliphatic heterocycles. The van der Waals surface area contributed by atoms with Crippen LogP contribution in [0.25, 0.3) is 10.9 Å². The van der Waals surface area contributed by atoms with Gasteiger partial charge in [0.05, 0.1) is 22.2 Å². The lowest BCUT2D eigenvalue weighted by atomic mass is 10.1. The van der Waals surface area contributed by atoms with E-state index >= 15 is 0 Å².